The molecule has 0 aromatic heterocycles. The van der Waals surface area contributed by atoms with Crippen molar-refractivity contribution in [3.8, 4) is 0 Å². The molecular formula is C15H14N2O2. The molecule has 96 valence electrons. The van der Waals surface area contributed by atoms with Crippen LogP contribution in [-0.4, -0.2) is 11.1 Å². The number of carboxylic acids is 1. The fourth-order valence-corrected chi connectivity index (χ4v) is 1.62. The van der Waals surface area contributed by atoms with Crippen molar-refractivity contribution in [2.24, 2.45) is 5.84 Å². The van der Waals surface area contributed by atoms with E-state index < -0.39 is 5.97 Å². The number of hydrogen-bond acceptors (Lipinski definition) is 3. The van der Waals surface area contributed by atoms with Crippen molar-refractivity contribution in [1.82, 2.24) is 0 Å². The Morgan fingerprint density at radius 2 is 1.42 bits per heavy atom. The van der Waals surface area contributed by atoms with E-state index in [1.165, 1.54) is 0 Å². The number of hydrazine groups is 1. The van der Waals surface area contributed by atoms with Gasteiger partial charge in [-0.05, 0) is 35.4 Å². The molecule has 2 aromatic rings. The molecule has 0 spiro atoms. The van der Waals surface area contributed by atoms with Gasteiger partial charge in [0.2, 0.25) is 0 Å². The lowest BCUT2D eigenvalue weighted by atomic mass is 10.1. The first-order valence-electron chi connectivity index (χ1n) is 5.77. The Balaban J connectivity index is 2.10. The van der Waals surface area contributed by atoms with Crippen molar-refractivity contribution < 1.29 is 9.90 Å². The number of carbonyl (C=O) groups is 1. The van der Waals surface area contributed by atoms with Crippen LogP contribution in [-0.2, 0) is 0 Å². The lowest BCUT2D eigenvalue weighted by molar-refractivity contribution is 0.0697. The maximum absolute atomic E-state index is 10.7. The molecule has 0 amide bonds. The molecule has 0 saturated heterocycles. The third-order valence-corrected chi connectivity index (χ3v) is 2.70. The van der Waals surface area contributed by atoms with Gasteiger partial charge in [0, 0.05) is 5.69 Å². The van der Waals surface area contributed by atoms with Gasteiger partial charge < -0.3 is 10.5 Å². The highest BCUT2D eigenvalue weighted by Gasteiger charge is 1.99. The van der Waals surface area contributed by atoms with Crippen molar-refractivity contribution in [2.75, 3.05) is 5.43 Å². The van der Waals surface area contributed by atoms with Gasteiger partial charge in [-0.2, -0.15) is 0 Å². The van der Waals surface area contributed by atoms with E-state index in [1.54, 1.807) is 24.3 Å². The van der Waals surface area contributed by atoms with Gasteiger partial charge in [0.25, 0.3) is 0 Å². The zero-order chi connectivity index (χ0) is 13.7. The van der Waals surface area contributed by atoms with Crippen LogP contribution in [0.1, 0.15) is 21.5 Å². The summed E-state index contributed by atoms with van der Waals surface area (Å²) in [6.07, 6.45) is 3.88. The molecule has 0 aliphatic rings. The molecule has 0 bridgehead atoms. The van der Waals surface area contributed by atoms with Crippen LogP contribution in [0.15, 0.2) is 48.5 Å². The number of hydrogen-bond donors (Lipinski definition) is 3. The molecule has 4 heteroatoms. The van der Waals surface area contributed by atoms with E-state index in [0.717, 1.165) is 16.8 Å². The molecule has 0 radical (unpaired) electrons. The van der Waals surface area contributed by atoms with E-state index in [-0.39, 0.29) is 5.56 Å². The Hall–Kier alpha value is -2.59. The highest BCUT2D eigenvalue weighted by Crippen LogP contribution is 2.12. The Morgan fingerprint density at radius 3 is 1.84 bits per heavy atom. The highest BCUT2D eigenvalue weighted by atomic mass is 16.4. The van der Waals surface area contributed by atoms with Crippen LogP contribution < -0.4 is 11.3 Å². The number of nitrogen functional groups attached to an aromatic ring is 1. The van der Waals surface area contributed by atoms with Gasteiger partial charge in [-0.1, -0.05) is 36.4 Å². The minimum atomic E-state index is -0.916. The zero-order valence-corrected chi connectivity index (χ0v) is 10.2. The second kappa shape index (κ2) is 5.84. The van der Waals surface area contributed by atoms with E-state index in [4.69, 9.17) is 10.9 Å². The van der Waals surface area contributed by atoms with Crippen molar-refractivity contribution >= 4 is 23.8 Å². The Labute approximate surface area is 111 Å². The highest BCUT2D eigenvalue weighted by molar-refractivity contribution is 5.88. The van der Waals surface area contributed by atoms with Gasteiger partial charge in [-0.3, -0.25) is 5.84 Å². The molecule has 0 fully saturated rings. The summed E-state index contributed by atoms with van der Waals surface area (Å²) in [5.41, 5.74) is 5.70. The van der Waals surface area contributed by atoms with E-state index in [2.05, 4.69) is 5.43 Å². The molecule has 4 nitrogen and oxygen atoms in total. The lowest BCUT2D eigenvalue weighted by Crippen LogP contribution is -2.05. The molecule has 2 rings (SSSR count). The smallest absolute Gasteiger partial charge is 0.335 e. The molecule has 19 heavy (non-hydrogen) atoms. The van der Waals surface area contributed by atoms with Gasteiger partial charge in [-0.25, -0.2) is 4.79 Å². The van der Waals surface area contributed by atoms with E-state index in [9.17, 15) is 4.79 Å². The number of nitrogens with one attached hydrogen (secondary N) is 1. The summed E-state index contributed by atoms with van der Waals surface area (Å²) in [6, 6.07) is 14.4. The average Bonchev–Trinajstić information content (AvgIpc) is 2.46. The Morgan fingerprint density at radius 1 is 0.947 bits per heavy atom. The predicted molar refractivity (Wildman–Crippen MR) is 76.6 cm³/mol. The van der Waals surface area contributed by atoms with Gasteiger partial charge in [-0.15, -0.1) is 0 Å². The second-order valence-corrected chi connectivity index (χ2v) is 4.03. The van der Waals surface area contributed by atoms with Crippen LogP contribution in [0.5, 0.6) is 0 Å². The average molecular weight is 254 g/mol. The van der Waals surface area contributed by atoms with Crippen LogP contribution in [0.3, 0.4) is 0 Å². The molecule has 2 aromatic carbocycles. The van der Waals surface area contributed by atoms with E-state index in [0.29, 0.717) is 0 Å². The number of nitrogens with two attached hydrogens (primary N) is 1. The first-order valence-corrected chi connectivity index (χ1v) is 5.77. The summed E-state index contributed by atoms with van der Waals surface area (Å²) >= 11 is 0. The fourth-order valence-electron chi connectivity index (χ4n) is 1.62. The number of anilines is 1. The maximum atomic E-state index is 10.7. The fraction of sp³-hybridized carbons (Fsp3) is 0. The van der Waals surface area contributed by atoms with Crippen LogP contribution >= 0.6 is 0 Å². The van der Waals surface area contributed by atoms with Crippen LogP contribution in [0.4, 0.5) is 5.69 Å². The molecule has 0 aliphatic heterocycles. The third kappa shape index (κ3) is 3.43. The number of carboxylic acid groups (broad SMARTS) is 1. The van der Waals surface area contributed by atoms with Crippen LogP contribution in [0.2, 0.25) is 0 Å². The SMILES string of the molecule is NNc1ccc(/C=C/c2ccc(C(=O)O)cc2)cc1. The minimum absolute atomic E-state index is 0.288. The summed E-state index contributed by atoms with van der Waals surface area (Å²) in [6.45, 7) is 0. The summed E-state index contributed by atoms with van der Waals surface area (Å²) in [5, 5.41) is 8.80. The minimum Gasteiger partial charge on any atom is -0.478 e. The van der Waals surface area contributed by atoms with Crippen LogP contribution in [0, 0.1) is 0 Å². The summed E-state index contributed by atoms with van der Waals surface area (Å²) in [4.78, 5) is 10.7. The second-order valence-electron chi connectivity index (χ2n) is 4.03. The Bertz CT molecular complexity index is 587. The van der Waals surface area contributed by atoms with Gasteiger partial charge in [0.05, 0.1) is 5.56 Å². The number of benzene rings is 2. The summed E-state index contributed by atoms with van der Waals surface area (Å²) < 4.78 is 0. The van der Waals surface area contributed by atoms with Crippen molar-refractivity contribution in [3.05, 3.63) is 65.2 Å². The predicted octanol–water partition coefficient (Wildman–Crippen LogP) is 2.84. The molecule has 0 saturated carbocycles. The normalized spacial score (nSPS) is 10.6. The first kappa shape index (κ1) is 12.9. The topological polar surface area (TPSA) is 75.3 Å². The lowest BCUT2D eigenvalue weighted by Gasteiger charge is -1.99. The molecule has 0 unspecified atom stereocenters. The Kier molecular flexibility index (Phi) is 3.95. The summed E-state index contributed by atoms with van der Waals surface area (Å²) in [5.74, 6) is 4.37. The number of aromatic carboxylic acids is 1. The first-order chi connectivity index (χ1) is 9.19. The molecule has 0 aliphatic carbocycles. The molecular weight excluding hydrogens is 240 g/mol. The van der Waals surface area contributed by atoms with Crippen molar-refractivity contribution in [3.63, 3.8) is 0 Å². The number of rotatable bonds is 4. The van der Waals surface area contributed by atoms with Crippen LogP contribution in [0.25, 0.3) is 12.2 Å². The molecule has 0 heterocycles. The van der Waals surface area contributed by atoms with E-state index in [1.807, 2.05) is 36.4 Å². The largest absolute Gasteiger partial charge is 0.478 e. The standard InChI is InChI=1S/C15H14N2O2/c16-17-14-9-5-12(6-10-14)2-1-11-3-7-13(8-4-11)15(18)19/h1-10,17H,16H2,(H,18,19)/b2-1+. The molecule has 4 N–H and O–H groups in total. The van der Waals surface area contributed by atoms with Gasteiger partial charge >= 0.3 is 5.97 Å². The van der Waals surface area contributed by atoms with Gasteiger partial charge in [0.1, 0.15) is 0 Å². The quantitative estimate of drug-likeness (QED) is 0.445. The van der Waals surface area contributed by atoms with Crippen molar-refractivity contribution in [2.45, 2.75) is 0 Å². The van der Waals surface area contributed by atoms with Crippen molar-refractivity contribution in [1.29, 1.82) is 0 Å². The zero-order valence-electron chi connectivity index (χ0n) is 10.2. The monoisotopic (exact) mass is 254 g/mol. The summed E-state index contributed by atoms with van der Waals surface area (Å²) in [7, 11) is 0. The third-order valence-electron chi connectivity index (χ3n) is 2.70. The molecule has 0 atom stereocenters. The van der Waals surface area contributed by atoms with Gasteiger partial charge in [0.15, 0.2) is 0 Å². The van der Waals surface area contributed by atoms with E-state index >= 15 is 0 Å². The maximum Gasteiger partial charge on any atom is 0.335 e.